The number of nitrogens with zero attached hydrogens (tertiary/aromatic N) is 3. The third-order valence-electron chi connectivity index (χ3n) is 1.99. The van der Waals surface area contributed by atoms with Crippen molar-refractivity contribution in [2.24, 2.45) is 10.3 Å². The smallest absolute Gasteiger partial charge is 0.273 e. The van der Waals surface area contributed by atoms with Gasteiger partial charge in [0.05, 0.1) is 11.3 Å². The van der Waals surface area contributed by atoms with Crippen LogP contribution in [0.2, 0.25) is 0 Å². The summed E-state index contributed by atoms with van der Waals surface area (Å²) in [5, 5.41) is 10.0. The fraction of sp³-hybridized carbons (Fsp3) is 0.333. The van der Waals surface area contributed by atoms with Crippen molar-refractivity contribution in [1.82, 2.24) is 10.3 Å². The van der Waals surface area contributed by atoms with Crippen LogP contribution in [0.3, 0.4) is 0 Å². The Hall–Kier alpha value is -2.44. The van der Waals surface area contributed by atoms with E-state index in [4.69, 9.17) is 4.84 Å². The summed E-state index contributed by atoms with van der Waals surface area (Å²) >= 11 is 0. The number of amides is 1. The number of rotatable bonds is 5. The predicted octanol–water partition coefficient (Wildman–Crippen LogP) is 0.953. The average Bonchev–Trinajstić information content (AvgIpc) is 2.42. The van der Waals surface area contributed by atoms with Crippen LogP contribution >= 0.6 is 0 Å². The summed E-state index contributed by atoms with van der Waals surface area (Å²) in [7, 11) is 2.85. The summed E-state index contributed by atoms with van der Waals surface area (Å²) in [5.74, 6) is -0.0347. The molecule has 0 aliphatic heterocycles. The topological polar surface area (TPSA) is 85.2 Å². The van der Waals surface area contributed by atoms with E-state index < -0.39 is 5.91 Å². The third kappa shape index (κ3) is 4.06. The molecule has 0 atom stereocenters. The van der Waals surface area contributed by atoms with Gasteiger partial charge in [-0.2, -0.15) is 0 Å². The highest BCUT2D eigenvalue weighted by Gasteiger charge is 2.19. The lowest BCUT2D eigenvalue weighted by Crippen LogP contribution is -2.29. The Balaban J connectivity index is 3.20. The summed E-state index contributed by atoms with van der Waals surface area (Å²) in [4.78, 5) is 25.6. The molecule has 0 spiro atoms. The Labute approximate surface area is 111 Å². The summed E-state index contributed by atoms with van der Waals surface area (Å²) in [5.41, 5.74) is 1.21. The van der Waals surface area contributed by atoms with Crippen LogP contribution in [-0.2, 0) is 9.63 Å². The van der Waals surface area contributed by atoms with E-state index in [1.165, 1.54) is 26.6 Å². The van der Waals surface area contributed by atoms with E-state index in [1.807, 2.05) is 0 Å². The molecular weight excluding hydrogens is 248 g/mol. The van der Waals surface area contributed by atoms with Gasteiger partial charge < -0.3 is 15.0 Å². The van der Waals surface area contributed by atoms with Crippen LogP contribution in [0.25, 0.3) is 0 Å². The number of likely N-dealkylation sites (N-methyl/N-ethyl adjacent to an activating group) is 1. The monoisotopic (exact) mass is 264 g/mol. The number of carbonyl (C=O) groups excluding carboxylic acids is 1. The molecule has 7 nitrogen and oxygen atoms in total. The Kier molecular flexibility index (Phi) is 5.46. The van der Waals surface area contributed by atoms with E-state index in [-0.39, 0.29) is 5.71 Å². The molecule has 0 saturated carbocycles. The van der Waals surface area contributed by atoms with Crippen molar-refractivity contribution in [3.8, 4) is 5.75 Å². The van der Waals surface area contributed by atoms with E-state index in [0.29, 0.717) is 11.3 Å². The van der Waals surface area contributed by atoms with E-state index in [1.54, 1.807) is 19.9 Å². The van der Waals surface area contributed by atoms with Crippen molar-refractivity contribution in [3.63, 3.8) is 0 Å². The van der Waals surface area contributed by atoms with Gasteiger partial charge in [0.15, 0.2) is 11.5 Å². The molecule has 19 heavy (non-hydrogen) atoms. The number of hydrogen-bond donors (Lipinski definition) is 1. The molecule has 1 aromatic heterocycles. The molecule has 7 heteroatoms. The number of hydrogen-bond acceptors (Lipinski definition) is 6. The second-order valence-electron chi connectivity index (χ2n) is 3.70. The second-order valence-corrected chi connectivity index (χ2v) is 3.70. The van der Waals surface area contributed by atoms with Crippen LogP contribution in [0.4, 0.5) is 0 Å². The molecular formula is C12H16N4O3. The SMILES string of the molecule is CNC(=O)/C(=N/OC)c1cnccc1ON=C(C)C. The average molecular weight is 264 g/mol. The van der Waals surface area contributed by atoms with Crippen molar-refractivity contribution in [3.05, 3.63) is 24.0 Å². The predicted molar refractivity (Wildman–Crippen MR) is 71.3 cm³/mol. The zero-order chi connectivity index (χ0) is 14.3. The molecule has 1 heterocycles. The fourth-order valence-corrected chi connectivity index (χ4v) is 1.20. The van der Waals surface area contributed by atoms with Gasteiger partial charge in [0.25, 0.3) is 5.91 Å². The lowest BCUT2D eigenvalue weighted by atomic mass is 10.1. The summed E-state index contributed by atoms with van der Waals surface area (Å²) in [6.07, 6.45) is 3.00. The molecule has 1 aromatic rings. The quantitative estimate of drug-likeness (QED) is 0.634. The van der Waals surface area contributed by atoms with Crippen molar-refractivity contribution >= 4 is 17.3 Å². The van der Waals surface area contributed by atoms with Gasteiger partial charge in [0.2, 0.25) is 0 Å². The Morgan fingerprint density at radius 1 is 1.37 bits per heavy atom. The molecule has 1 N–H and O–H groups in total. The molecule has 0 bridgehead atoms. The standard InChI is InChI=1S/C12H16N4O3/c1-8(2)15-19-10-5-6-14-7-9(10)11(16-18-4)12(17)13-3/h5-7H,1-4H3,(H,13,17)/b16-11+. The minimum Gasteiger partial charge on any atom is -0.398 e. The molecule has 0 fully saturated rings. The number of pyridine rings is 1. The van der Waals surface area contributed by atoms with E-state index >= 15 is 0 Å². The molecule has 0 unspecified atom stereocenters. The van der Waals surface area contributed by atoms with E-state index in [2.05, 4.69) is 25.4 Å². The summed E-state index contributed by atoms with van der Waals surface area (Å²) < 4.78 is 0. The van der Waals surface area contributed by atoms with Crippen molar-refractivity contribution in [2.45, 2.75) is 13.8 Å². The van der Waals surface area contributed by atoms with Gasteiger partial charge in [0, 0.05) is 25.5 Å². The maximum Gasteiger partial charge on any atom is 0.273 e. The Bertz CT molecular complexity index is 507. The number of carbonyl (C=O) groups is 1. The third-order valence-corrected chi connectivity index (χ3v) is 1.99. The minimum atomic E-state index is -0.406. The van der Waals surface area contributed by atoms with Crippen LogP contribution in [0.1, 0.15) is 19.4 Å². The van der Waals surface area contributed by atoms with E-state index in [9.17, 15) is 4.79 Å². The molecule has 0 aromatic carbocycles. The van der Waals surface area contributed by atoms with Crippen LogP contribution in [-0.4, -0.2) is 36.5 Å². The highest BCUT2D eigenvalue weighted by atomic mass is 16.6. The Morgan fingerprint density at radius 3 is 2.68 bits per heavy atom. The molecule has 0 saturated heterocycles. The van der Waals surface area contributed by atoms with E-state index in [0.717, 1.165) is 5.71 Å². The van der Waals surface area contributed by atoms with Crippen LogP contribution < -0.4 is 10.2 Å². The fourth-order valence-electron chi connectivity index (χ4n) is 1.20. The molecule has 102 valence electrons. The van der Waals surface area contributed by atoms with Gasteiger partial charge in [-0.15, -0.1) is 0 Å². The van der Waals surface area contributed by atoms with Crippen molar-refractivity contribution in [2.75, 3.05) is 14.2 Å². The molecule has 1 amide bonds. The first kappa shape index (κ1) is 14.6. The van der Waals surface area contributed by atoms with Crippen LogP contribution in [0.5, 0.6) is 5.75 Å². The van der Waals surface area contributed by atoms with Gasteiger partial charge in [0.1, 0.15) is 7.11 Å². The summed E-state index contributed by atoms with van der Waals surface area (Å²) in [6.45, 7) is 3.59. The van der Waals surface area contributed by atoms with Crippen LogP contribution in [0, 0.1) is 0 Å². The largest absolute Gasteiger partial charge is 0.398 e. The van der Waals surface area contributed by atoms with Crippen LogP contribution in [0.15, 0.2) is 28.8 Å². The summed E-state index contributed by atoms with van der Waals surface area (Å²) in [6, 6.07) is 1.59. The lowest BCUT2D eigenvalue weighted by Gasteiger charge is -2.08. The van der Waals surface area contributed by atoms with Crippen molar-refractivity contribution < 1.29 is 14.5 Å². The molecule has 0 aliphatic carbocycles. The maximum atomic E-state index is 11.8. The first-order valence-electron chi connectivity index (χ1n) is 5.56. The lowest BCUT2D eigenvalue weighted by molar-refractivity contribution is -0.114. The van der Waals surface area contributed by atoms with Gasteiger partial charge in [-0.1, -0.05) is 10.3 Å². The van der Waals surface area contributed by atoms with Gasteiger partial charge in [-0.25, -0.2) is 0 Å². The van der Waals surface area contributed by atoms with Gasteiger partial charge in [-0.05, 0) is 13.8 Å². The number of oxime groups is 2. The first-order chi connectivity index (χ1) is 9.10. The second kappa shape index (κ2) is 7.10. The zero-order valence-corrected chi connectivity index (χ0v) is 11.3. The Morgan fingerprint density at radius 2 is 2.11 bits per heavy atom. The van der Waals surface area contributed by atoms with Crippen molar-refractivity contribution in [1.29, 1.82) is 0 Å². The molecule has 0 radical (unpaired) electrons. The molecule has 1 rings (SSSR count). The normalized spacial score (nSPS) is 10.6. The maximum absolute atomic E-state index is 11.8. The minimum absolute atomic E-state index is 0.0667. The highest BCUT2D eigenvalue weighted by molar-refractivity contribution is 6.45. The number of aromatic nitrogens is 1. The molecule has 0 aliphatic rings. The van der Waals surface area contributed by atoms with Gasteiger partial charge in [-0.3, -0.25) is 9.78 Å². The number of nitrogens with one attached hydrogen (secondary N) is 1. The van der Waals surface area contributed by atoms with Gasteiger partial charge >= 0.3 is 0 Å². The highest BCUT2D eigenvalue weighted by Crippen LogP contribution is 2.18. The first-order valence-corrected chi connectivity index (χ1v) is 5.56. The zero-order valence-electron chi connectivity index (χ0n) is 11.3.